The summed E-state index contributed by atoms with van der Waals surface area (Å²) in [5.74, 6) is -1.89. The summed E-state index contributed by atoms with van der Waals surface area (Å²) in [6.45, 7) is 9.63. The molecular formula is C35H44F2N4O6. The minimum absolute atomic E-state index is 0.0321. The van der Waals surface area contributed by atoms with Crippen molar-refractivity contribution in [2.24, 2.45) is 5.41 Å². The predicted molar refractivity (Wildman–Crippen MR) is 172 cm³/mol. The lowest BCUT2D eigenvalue weighted by Crippen LogP contribution is -2.54. The fraction of sp³-hybridized carbons (Fsp3) is 0.571. The molecule has 6 rings (SSSR count). The van der Waals surface area contributed by atoms with Crippen LogP contribution in [0.2, 0.25) is 0 Å². The van der Waals surface area contributed by atoms with Gasteiger partial charge in [0.15, 0.2) is 5.69 Å². The molecule has 2 saturated heterocycles. The smallest absolute Gasteiger partial charge is 0.419 e. The number of halogens is 2. The van der Waals surface area contributed by atoms with E-state index in [1.165, 1.54) is 11.7 Å². The first kappa shape index (κ1) is 33.1. The molecule has 0 amide bonds. The Hall–Kier alpha value is -3.77. The molecule has 1 aromatic carbocycles. The molecule has 0 unspecified atom stereocenters. The van der Waals surface area contributed by atoms with Gasteiger partial charge in [0.05, 0.1) is 25.8 Å². The number of piperidine rings is 1. The van der Waals surface area contributed by atoms with Gasteiger partial charge >= 0.3 is 12.1 Å². The van der Waals surface area contributed by atoms with Crippen LogP contribution in [0.4, 0.5) is 19.4 Å². The van der Waals surface area contributed by atoms with Crippen LogP contribution in [0.1, 0.15) is 79.7 Å². The highest BCUT2D eigenvalue weighted by atomic mass is 19.3. The summed E-state index contributed by atoms with van der Waals surface area (Å²) < 4.78 is 52.4. The molecule has 1 atom stereocenters. The molecule has 254 valence electrons. The molecule has 4 heterocycles. The minimum atomic E-state index is -2.66. The molecule has 2 aromatic heterocycles. The van der Waals surface area contributed by atoms with Gasteiger partial charge in [0, 0.05) is 68.3 Å². The van der Waals surface area contributed by atoms with Crippen molar-refractivity contribution in [1.82, 2.24) is 14.5 Å². The average molecular weight is 655 g/mol. The Bertz CT molecular complexity index is 1690. The van der Waals surface area contributed by atoms with Gasteiger partial charge in [-0.25, -0.2) is 23.4 Å². The van der Waals surface area contributed by atoms with Gasteiger partial charge in [-0.2, -0.15) is 0 Å². The van der Waals surface area contributed by atoms with Crippen LogP contribution < -0.4 is 9.64 Å². The number of rotatable bonds is 7. The number of nitrogens with zero attached hydrogens (tertiary/aromatic N) is 4. The zero-order valence-electron chi connectivity index (χ0n) is 28.2. The van der Waals surface area contributed by atoms with Crippen LogP contribution in [0.15, 0.2) is 30.5 Å². The second-order valence-electron chi connectivity index (χ2n) is 14.3. The van der Waals surface area contributed by atoms with Crippen molar-refractivity contribution < 1.29 is 37.3 Å². The third kappa shape index (κ3) is 6.29. The number of esters is 1. The molecule has 0 radical (unpaired) electrons. The van der Waals surface area contributed by atoms with E-state index in [2.05, 4.69) is 9.80 Å². The fourth-order valence-electron chi connectivity index (χ4n) is 7.57. The number of fused-ring (bicyclic) bond motifs is 1. The van der Waals surface area contributed by atoms with Gasteiger partial charge in [-0.05, 0) is 76.3 Å². The van der Waals surface area contributed by atoms with Gasteiger partial charge in [-0.15, -0.1) is 0 Å². The predicted octanol–water partition coefficient (Wildman–Crippen LogP) is 6.51. The number of anilines is 1. The fourth-order valence-corrected chi connectivity index (χ4v) is 7.57. The van der Waals surface area contributed by atoms with Crippen molar-refractivity contribution in [3.05, 3.63) is 52.8 Å². The van der Waals surface area contributed by atoms with Crippen LogP contribution in [0.25, 0.3) is 10.9 Å². The van der Waals surface area contributed by atoms with Crippen molar-refractivity contribution in [1.29, 1.82) is 0 Å². The summed E-state index contributed by atoms with van der Waals surface area (Å²) in [5.41, 5.74) is 2.38. The maximum atomic E-state index is 14.4. The Morgan fingerprint density at radius 1 is 1.09 bits per heavy atom. The molecule has 1 saturated carbocycles. The summed E-state index contributed by atoms with van der Waals surface area (Å²) in [4.78, 5) is 34.8. The number of ether oxygens (including phenoxy) is 4. The lowest BCUT2D eigenvalue weighted by molar-refractivity contribution is -0.186. The van der Waals surface area contributed by atoms with Gasteiger partial charge in [0.25, 0.3) is 0 Å². The third-order valence-electron chi connectivity index (χ3n) is 9.80. The number of hydrogen-bond acceptors (Lipinski definition) is 9. The third-order valence-corrected chi connectivity index (χ3v) is 9.80. The molecule has 0 N–H and O–H groups in total. The van der Waals surface area contributed by atoms with E-state index in [4.69, 9.17) is 23.9 Å². The number of alkyl halides is 2. The van der Waals surface area contributed by atoms with Crippen LogP contribution in [-0.2, 0) is 20.8 Å². The molecule has 12 heteroatoms. The highest BCUT2D eigenvalue weighted by Gasteiger charge is 2.58. The number of pyridine rings is 1. The summed E-state index contributed by atoms with van der Waals surface area (Å²) in [7, 11) is 4.60. The number of aromatic nitrogens is 2. The molecule has 3 aromatic rings. The van der Waals surface area contributed by atoms with E-state index in [0.29, 0.717) is 50.6 Å². The Labute approximate surface area is 273 Å². The van der Waals surface area contributed by atoms with Crippen LogP contribution in [0.3, 0.4) is 0 Å². The number of aryl methyl sites for hydroxylation is 1. The van der Waals surface area contributed by atoms with E-state index in [-0.39, 0.29) is 30.7 Å². The topological polar surface area (TPSA) is 95.4 Å². The van der Waals surface area contributed by atoms with Crippen molar-refractivity contribution >= 4 is 28.8 Å². The van der Waals surface area contributed by atoms with Crippen LogP contribution in [0.5, 0.6) is 5.75 Å². The Balaban J connectivity index is 1.42. The summed E-state index contributed by atoms with van der Waals surface area (Å²) >= 11 is 0. The number of carbonyl (C=O) groups excluding carboxylic acids is 2. The van der Waals surface area contributed by atoms with Gasteiger partial charge in [0.1, 0.15) is 17.2 Å². The second-order valence-corrected chi connectivity index (χ2v) is 14.3. The summed E-state index contributed by atoms with van der Waals surface area (Å²) in [6, 6.07) is 7.10. The van der Waals surface area contributed by atoms with E-state index in [1.807, 2.05) is 45.9 Å². The van der Waals surface area contributed by atoms with Crippen molar-refractivity contribution in [2.75, 3.05) is 45.9 Å². The van der Waals surface area contributed by atoms with Crippen molar-refractivity contribution in [2.45, 2.75) is 83.6 Å². The number of hydrogen-bond donors (Lipinski definition) is 0. The standard InChI is InChI=1S/C35H44F2N4O6/c1-21-14-28(45-6)25(23-10-12-41(29(21)23)32(43)47-33(2,3)4)18-39-13-11-34(19-35(36,37)20-34)15-27(39)24-8-9-26(31(42)46-7)38-30(24)40-16-22(17-40)44-5/h8-10,12,14,22,27H,11,13,15-20H2,1-7H3/t27-/m1/s1. The van der Waals surface area contributed by atoms with Crippen LogP contribution in [0, 0.1) is 12.3 Å². The molecular weight excluding hydrogens is 610 g/mol. The molecule has 3 aliphatic rings. The first-order valence-corrected chi connectivity index (χ1v) is 16.1. The first-order valence-electron chi connectivity index (χ1n) is 16.1. The number of methoxy groups -OCH3 is 3. The molecule has 1 aliphatic carbocycles. The molecule has 1 spiro atoms. The van der Waals surface area contributed by atoms with Crippen molar-refractivity contribution in [3.63, 3.8) is 0 Å². The number of benzene rings is 1. The molecule has 10 nitrogen and oxygen atoms in total. The zero-order chi connectivity index (χ0) is 33.9. The maximum Gasteiger partial charge on any atom is 0.419 e. The van der Waals surface area contributed by atoms with E-state index in [0.717, 1.165) is 27.6 Å². The van der Waals surface area contributed by atoms with E-state index in [1.54, 1.807) is 26.5 Å². The molecule has 2 aliphatic heterocycles. The van der Waals surface area contributed by atoms with E-state index < -0.39 is 29.0 Å². The Morgan fingerprint density at radius 2 is 1.81 bits per heavy atom. The average Bonchev–Trinajstić information content (AvgIpc) is 3.43. The van der Waals surface area contributed by atoms with Gasteiger partial charge in [-0.3, -0.25) is 9.47 Å². The lowest BCUT2D eigenvalue weighted by atomic mass is 9.59. The SMILES string of the molecule is COC(=O)c1ccc([C@H]2CC3(CCN2Cc2c(OC)cc(C)c4c2ccn4C(=O)OC(C)(C)C)CC(F)(F)C3)c(N2CC(OC)C2)n1. The lowest BCUT2D eigenvalue weighted by Gasteiger charge is -2.55. The van der Waals surface area contributed by atoms with Crippen molar-refractivity contribution in [3.8, 4) is 5.75 Å². The number of carbonyl (C=O) groups is 2. The Morgan fingerprint density at radius 3 is 2.43 bits per heavy atom. The Kier molecular flexibility index (Phi) is 8.49. The molecule has 47 heavy (non-hydrogen) atoms. The normalized spacial score (nSPS) is 21.0. The number of likely N-dealkylation sites (tertiary alicyclic amines) is 1. The monoisotopic (exact) mass is 654 g/mol. The van der Waals surface area contributed by atoms with Gasteiger partial charge in [0.2, 0.25) is 5.92 Å². The summed E-state index contributed by atoms with van der Waals surface area (Å²) in [6.07, 6.45) is 2.15. The molecule has 3 fully saturated rings. The largest absolute Gasteiger partial charge is 0.496 e. The molecule has 0 bridgehead atoms. The van der Waals surface area contributed by atoms with E-state index in [9.17, 15) is 18.4 Å². The maximum absolute atomic E-state index is 14.4. The summed E-state index contributed by atoms with van der Waals surface area (Å²) in [5, 5.41) is 0.854. The highest BCUT2D eigenvalue weighted by molar-refractivity contribution is 5.95. The van der Waals surface area contributed by atoms with Crippen LogP contribution in [-0.4, -0.2) is 85.1 Å². The zero-order valence-corrected chi connectivity index (χ0v) is 28.2. The minimum Gasteiger partial charge on any atom is -0.496 e. The quantitative estimate of drug-likeness (QED) is 0.264. The van der Waals surface area contributed by atoms with Gasteiger partial charge < -0.3 is 23.8 Å². The first-order chi connectivity index (χ1) is 22.2. The van der Waals surface area contributed by atoms with Gasteiger partial charge in [-0.1, -0.05) is 6.07 Å². The van der Waals surface area contributed by atoms with Crippen LogP contribution >= 0.6 is 0 Å². The highest BCUT2D eigenvalue weighted by Crippen LogP contribution is 2.61. The van der Waals surface area contributed by atoms with E-state index >= 15 is 0 Å². The second kappa shape index (κ2) is 12.0.